The van der Waals surface area contributed by atoms with Gasteiger partial charge in [0.05, 0.1) is 12.6 Å². The monoisotopic (exact) mass is 345 g/mol. The van der Waals surface area contributed by atoms with Crippen LogP contribution in [0.4, 0.5) is 0 Å². The maximum Gasteiger partial charge on any atom is 0.236 e. The highest BCUT2D eigenvalue weighted by atomic mass is 16.3. The van der Waals surface area contributed by atoms with Gasteiger partial charge < -0.3 is 10.0 Å². The van der Waals surface area contributed by atoms with E-state index < -0.39 is 0 Å². The number of benzene rings is 1. The van der Waals surface area contributed by atoms with Crippen LogP contribution in [0.2, 0.25) is 0 Å². The van der Waals surface area contributed by atoms with Crippen molar-refractivity contribution in [3.05, 3.63) is 35.9 Å². The van der Waals surface area contributed by atoms with Gasteiger partial charge in [0.2, 0.25) is 5.91 Å². The first kappa shape index (κ1) is 18.4. The summed E-state index contributed by atoms with van der Waals surface area (Å²) in [6.07, 6.45) is 2.72. The number of likely N-dealkylation sites (tertiary alicyclic amines) is 1. The Morgan fingerprint density at radius 1 is 1.16 bits per heavy atom. The van der Waals surface area contributed by atoms with Crippen LogP contribution in [-0.4, -0.2) is 77.1 Å². The smallest absolute Gasteiger partial charge is 0.236 e. The second-order valence-electron chi connectivity index (χ2n) is 7.49. The minimum atomic E-state index is -0.290. The van der Waals surface area contributed by atoms with Crippen molar-refractivity contribution < 1.29 is 9.90 Å². The Morgan fingerprint density at radius 3 is 2.56 bits per heavy atom. The number of carbonyl (C=O) groups is 1. The van der Waals surface area contributed by atoms with Crippen molar-refractivity contribution >= 4 is 5.91 Å². The minimum absolute atomic E-state index is 0.247. The van der Waals surface area contributed by atoms with E-state index in [0.29, 0.717) is 12.6 Å². The molecule has 2 aliphatic heterocycles. The van der Waals surface area contributed by atoms with E-state index in [1.807, 2.05) is 17.9 Å². The Bertz CT molecular complexity index is 541. The molecule has 2 atom stereocenters. The molecule has 0 spiro atoms. The summed E-state index contributed by atoms with van der Waals surface area (Å²) < 4.78 is 0. The molecule has 5 nitrogen and oxygen atoms in total. The van der Waals surface area contributed by atoms with Crippen LogP contribution in [0.15, 0.2) is 30.3 Å². The van der Waals surface area contributed by atoms with Crippen molar-refractivity contribution in [1.29, 1.82) is 0 Å². The number of hydrogen-bond acceptors (Lipinski definition) is 4. The van der Waals surface area contributed by atoms with Crippen molar-refractivity contribution in [2.24, 2.45) is 0 Å². The molecule has 3 rings (SSSR count). The Kier molecular flexibility index (Phi) is 6.45. The Morgan fingerprint density at radius 2 is 1.88 bits per heavy atom. The van der Waals surface area contributed by atoms with Gasteiger partial charge in [0.15, 0.2) is 0 Å². The predicted octanol–water partition coefficient (Wildman–Crippen LogP) is 1.57. The summed E-state index contributed by atoms with van der Waals surface area (Å²) in [5.41, 5.74) is 1.33. The van der Waals surface area contributed by atoms with Gasteiger partial charge in [-0.05, 0) is 38.3 Å². The number of piperazine rings is 1. The molecule has 5 heteroatoms. The molecule has 1 aromatic rings. The lowest BCUT2D eigenvalue weighted by molar-refractivity contribution is -0.134. The van der Waals surface area contributed by atoms with Gasteiger partial charge in [0.25, 0.3) is 0 Å². The van der Waals surface area contributed by atoms with E-state index in [9.17, 15) is 9.90 Å². The Balaban J connectivity index is 1.43. The predicted molar refractivity (Wildman–Crippen MR) is 99.2 cm³/mol. The lowest BCUT2D eigenvalue weighted by atomic mass is 10.1. The molecule has 138 valence electrons. The van der Waals surface area contributed by atoms with E-state index in [4.69, 9.17) is 0 Å². The van der Waals surface area contributed by atoms with Gasteiger partial charge in [-0.1, -0.05) is 30.3 Å². The van der Waals surface area contributed by atoms with Gasteiger partial charge >= 0.3 is 0 Å². The third-order valence-corrected chi connectivity index (χ3v) is 5.42. The van der Waals surface area contributed by atoms with Crippen LogP contribution in [0.1, 0.15) is 31.7 Å². The molecule has 0 radical (unpaired) electrons. The molecule has 2 aliphatic rings. The fourth-order valence-corrected chi connectivity index (χ4v) is 4.03. The third kappa shape index (κ3) is 5.27. The molecule has 2 unspecified atom stereocenters. The third-order valence-electron chi connectivity index (χ3n) is 5.42. The number of carbonyl (C=O) groups excluding carboxylic acids is 1. The van der Waals surface area contributed by atoms with E-state index >= 15 is 0 Å². The molecule has 1 N–H and O–H groups in total. The molecule has 2 fully saturated rings. The normalized spacial score (nSPS) is 23.8. The number of amides is 1. The van der Waals surface area contributed by atoms with Crippen molar-refractivity contribution in [3.8, 4) is 0 Å². The number of hydrogen-bond donors (Lipinski definition) is 1. The average Bonchev–Trinajstić information content (AvgIpc) is 3.02. The van der Waals surface area contributed by atoms with Gasteiger partial charge in [-0.15, -0.1) is 0 Å². The molecular weight excluding hydrogens is 314 g/mol. The molecule has 0 aliphatic carbocycles. The molecule has 0 saturated carbocycles. The van der Waals surface area contributed by atoms with Crippen LogP contribution in [0, 0.1) is 0 Å². The molecular formula is C20H31N3O2. The number of aliphatic hydroxyl groups is 1. The first-order chi connectivity index (χ1) is 12.1. The number of aliphatic hydroxyl groups excluding tert-OH is 1. The summed E-state index contributed by atoms with van der Waals surface area (Å²) in [4.78, 5) is 19.4. The van der Waals surface area contributed by atoms with Gasteiger partial charge in [0, 0.05) is 38.8 Å². The van der Waals surface area contributed by atoms with Crippen LogP contribution in [0.5, 0.6) is 0 Å². The molecule has 0 bridgehead atoms. The molecule has 1 aromatic carbocycles. The summed E-state index contributed by atoms with van der Waals surface area (Å²) in [6.45, 7) is 7.82. The minimum Gasteiger partial charge on any atom is -0.393 e. The standard InChI is InChI=1S/C20H31N3O2/c1-17(24)14-19-8-5-9-23(19)16-20(25)22-12-10-21(11-13-22)15-18-6-3-2-4-7-18/h2-4,6-7,17,19,24H,5,8-16H2,1H3. The van der Waals surface area contributed by atoms with E-state index in [1.165, 1.54) is 5.56 Å². The summed E-state index contributed by atoms with van der Waals surface area (Å²) >= 11 is 0. The SMILES string of the molecule is CC(O)CC1CCCN1CC(=O)N1CCN(Cc2ccccc2)CC1. The summed E-state index contributed by atoms with van der Waals surface area (Å²) in [5, 5.41) is 9.64. The average molecular weight is 345 g/mol. The van der Waals surface area contributed by atoms with Crippen LogP contribution in [0.25, 0.3) is 0 Å². The van der Waals surface area contributed by atoms with Crippen LogP contribution < -0.4 is 0 Å². The van der Waals surface area contributed by atoms with Crippen molar-refractivity contribution in [1.82, 2.24) is 14.7 Å². The van der Waals surface area contributed by atoms with Crippen molar-refractivity contribution in [2.75, 3.05) is 39.3 Å². The van der Waals surface area contributed by atoms with Crippen molar-refractivity contribution in [3.63, 3.8) is 0 Å². The number of rotatable bonds is 6. The summed E-state index contributed by atoms with van der Waals surface area (Å²) in [7, 11) is 0. The molecule has 2 heterocycles. The van der Waals surface area contributed by atoms with E-state index in [-0.39, 0.29) is 12.0 Å². The second kappa shape index (κ2) is 8.79. The topological polar surface area (TPSA) is 47.0 Å². The fraction of sp³-hybridized carbons (Fsp3) is 0.650. The zero-order valence-electron chi connectivity index (χ0n) is 15.3. The highest BCUT2D eigenvalue weighted by Crippen LogP contribution is 2.21. The fourth-order valence-electron chi connectivity index (χ4n) is 4.03. The molecule has 0 aromatic heterocycles. The maximum absolute atomic E-state index is 12.7. The van der Waals surface area contributed by atoms with Crippen molar-refractivity contribution in [2.45, 2.75) is 44.9 Å². The van der Waals surface area contributed by atoms with Gasteiger partial charge in [0.1, 0.15) is 0 Å². The summed E-state index contributed by atoms with van der Waals surface area (Å²) in [5.74, 6) is 0.247. The van der Waals surface area contributed by atoms with Gasteiger partial charge in [-0.2, -0.15) is 0 Å². The van der Waals surface area contributed by atoms with E-state index in [2.05, 4.69) is 34.1 Å². The Hall–Kier alpha value is -1.43. The van der Waals surface area contributed by atoms with Gasteiger partial charge in [-0.3, -0.25) is 14.6 Å². The lowest BCUT2D eigenvalue weighted by Crippen LogP contribution is -2.51. The Labute approximate surface area is 151 Å². The summed E-state index contributed by atoms with van der Waals surface area (Å²) in [6, 6.07) is 10.9. The van der Waals surface area contributed by atoms with Crippen LogP contribution in [0.3, 0.4) is 0 Å². The van der Waals surface area contributed by atoms with E-state index in [0.717, 1.165) is 58.5 Å². The number of nitrogens with zero attached hydrogens (tertiary/aromatic N) is 3. The highest BCUT2D eigenvalue weighted by molar-refractivity contribution is 5.78. The maximum atomic E-state index is 12.7. The van der Waals surface area contributed by atoms with Gasteiger partial charge in [-0.25, -0.2) is 0 Å². The molecule has 1 amide bonds. The first-order valence-corrected chi connectivity index (χ1v) is 9.58. The first-order valence-electron chi connectivity index (χ1n) is 9.58. The van der Waals surface area contributed by atoms with Crippen LogP contribution >= 0.6 is 0 Å². The molecule has 25 heavy (non-hydrogen) atoms. The van der Waals surface area contributed by atoms with Crippen LogP contribution in [-0.2, 0) is 11.3 Å². The molecule has 2 saturated heterocycles. The highest BCUT2D eigenvalue weighted by Gasteiger charge is 2.29. The second-order valence-corrected chi connectivity index (χ2v) is 7.49. The largest absolute Gasteiger partial charge is 0.393 e. The zero-order valence-corrected chi connectivity index (χ0v) is 15.3. The zero-order chi connectivity index (χ0) is 17.6. The van der Waals surface area contributed by atoms with E-state index in [1.54, 1.807) is 0 Å². The quantitative estimate of drug-likeness (QED) is 0.850. The lowest BCUT2D eigenvalue weighted by Gasteiger charge is -2.36.